The summed E-state index contributed by atoms with van der Waals surface area (Å²) in [7, 11) is 0. The quantitative estimate of drug-likeness (QED) is 0.749. The highest BCUT2D eigenvalue weighted by molar-refractivity contribution is 9.10. The number of hydrogen-bond donors (Lipinski definition) is 1. The largest absolute Gasteiger partial charge is 0.314 e. The topological polar surface area (TPSA) is 12.0 Å². The standard InChI is InChI=1S/C17H26BrN/c1-2-13-19-17(15-5-3-4-6-15)12-9-14-7-10-16(18)11-8-14/h7-8,10-11,15,17,19H,2-6,9,12-13H2,1H3. The molecule has 106 valence electrons. The third-order valence-electron chi connectivity index (χ3n) is 4.28. The van der Waals surface area contributed by atoms with Crippen molar-refractivity contribution in [2.45, 2.75) is 57.9 Å². The Morgan fingerprint density at radius 2 is 1.89 bits per heavy atom. The van der Waals surface area contributed by atoms with Gasteiger partial charge >= 0.3 is 0 Å². The summed E-state index contributed by atoms with van der Waals surface area (Å²) in [5.41, 5.74) is 1.46. The van der Waals surface area contributed by atoms with Gasteiger partial charge in [0, 0.05) is 10.5 Å². The van der Waals surface area contributed by atoms with Crippen LogP contribution in [0.2, 0.25) is 0 Å². The highest BCUT2D eigenvalue weighted by Gasteiger charge is 2.23. The van der Waals surface area contributed by atoms with Crippen LogP contribution in [-0.2, 0) is 6.42 Å². The smallest absolute Gasteiger partial charge is 0.0175 e. The van der Waals surface area contributed by atoms with Crippen molar-refractivity contribution in [2.24, 2.45) is 5.92 Å². The van der Waals surface area contributed by atoms with E-state index in [0.717, 1.165) is 12.0 Å². The number of halogens is 1. The fourth-order valence-corrected chi connectivity index (χ4v) is 3.43. The summed E-state index contributed by atoms with van der Waals surface area (Å²) in [6.07, 6.45) is 9.46. The minimum absolute atomic E-state index is 0.728. The minimum atomic E-state index is 0.728. The van der Waals surface area contributed by atoms with Crippen molar-refractivity contribution in [3.63, 3.8) is 0 Å². The lowest BCUT2D eigenvalue weighted by Gasteiger charge is -2.25. The average Bonchev–Trinajstić information content (AvgIpc) is 2.95. The normalized spacial score (nSPS) is 17.8. The lowest BCUT2D eigenvalue weighted by molar-refractivity contribution is 0.341. The van der Waals surface area contributed by atoms with E-state index in [0.29, 0.717) is 0 Å². The molecule has 1 saturated carbocycles. The van der Waals surface area contributed by atoms with Crippen molar-refractivity contribution in [1.29, 1.82) is 0 Å². The number of benzene rings is 1. The summed E-state index contributed by atoms with van der Waals surface area (Å²) < 4.78 is 1.17. The summed E-state index contributed by atoms with van der Waals surface area (Å²) in [5, 5.41) is 3.78. The molecule has 2 heteroatoms. The van der Waals surface area contributed by atoms with Gasteiger partial charge in [-0.25, -0.2) is 0 Å². The Balaban J connectivity index is 1.86. The lowest BCUT2D eigenvalue weighted by atomic mass is 9.92. The van der Waals surface area contributed by atoms with Gasteiger partial charge in [-0.2, -0.15) is 0 Å². The second-order valence-electron chi connectivity index (χ2n) is 5.77. The molecule has 1 nitrogen and oxygen atoms in total. The van der Waals surface area contributed by atoms with Crippen LogP contribution in [0.1, 0.15) is 51.0 Å². The summed E-state index contributed by atoms with van der Waals surface area (Å²) in [5.74, 6) is 0.919. The van der Waals surface area contributed by atoms with Crippen molar-refractivity contribution < 1.29 is 0 Å². The predicted octanol–water partition coefficient (Wildman–Crippen LogP) is 4.94. The van der Waals surface area contributed by atoms with E-state index in [2.05, 4.69) is 52.4 Å². The van der Waals surface area contributed by atoms with E-state index in [4.69, 9.17) is 0 Å². The highest BCUT2D eigenvalue weighted by Crippen LogP contribution is 2.29. The van der Waals surface area contributed by atoms with Crippen LogP contribution in [0.25, 0.3) is 0 Å². The van der Waals surface area contributed by atoms with Crippen molar-refractivity contribution >= 4 is 15.9 Å². The van der Waals surface area contributed by atoms with Gasteiger partial charge < -0.3 is 5.32 Å². The molecule has 1 atom stereocenters. The molecule has 1 aliphatic carbocycles. The molecule has 0 amide bonds. The van der Waals surface area contributed by atoms with Gasteiger partial charge in [0.15, 0.2) is 0 Å². The van der Waals surface area contributed by atoms with Gasteiger partial charge in [0.25, 0.3) is 0 Å². The van der Waals surface area contributed by atoms with Crippen molar-refractivity contribution in [3.05, 3.63) is 34.3 Å². The third-order valence-corrected chi connectivity index (χ3v) is 4.81. The number of nitrogens with one attached hydrogen (secondary N) is 1. The van der Waals surface area contributed by atoms with Crippen molar-refractivity contribution in [1.82, 2.24) is 5.32 Å². The molecule has 0 saturated heterocycles. The lowest BCUT2D eigenvalue weighted by Crippen LogP contribution is -2.36. The Kier molecular flexibility index (Phi) is 6.39. The van der Waals surface area contributed by atoms with Gasteiger partial charge in [-0.05, 0) is 62.3 Å². The first-order valence-electron chi connectivity index (χ1n) is 7.77. The van der Waals surface area contributed by atoms with Gasteiger partial charge in [0.05, 0.1) is 0 Å². The van der Waals surface area contributed by atoms with E-state index in [1.165, 1.54) is 61.5 Å². The van der Waals surface area contributed by atoms with Gasteiger partial charge in [-0.15, -0.1) is 0 Å². The molecule has 1 N–H and O–H groups in total. The zero-order valence-corrected chi connectivity index (χ0v) is 13.6. The molecular weight excluding hydrogens is 298 g/mol. The van der Waals surface area contributed by atoms with E-state index in [1.807, 2.05) is 0 Å². The molecule has 2 rings (SSSR count). The Labute approximate surface area is 126 Å². The zero-order chi connectivity index (χ0) is 13.5. The molecule has 0 heterocycles. The Morgan fingerprint density at radius 1 is 1.21 bits per heavy atom. The summed E-state index contributed by atoms with van der Waals surface area (Å²) >= 11 is 3.50. The molecule has 0 aromatic heterocycles. The van der Waals surface area contributed by atoms with Crippen LogP contribution in [0, 0.1) is 5.92 Å². The van der Waals surface area contributed by atoms with Crippen LogP contribution in [0.3, 0.4) is 0 Å². The molecule has 0 spiro atoms. The number of rotatable bonds is 7. The van der Waals surface area contributed by atoms with E-state index in [9.17, 15) is 0 Å². The Bertz CT molecular complexity index is 354. The highest BCUT2D eigenvalue weighted by atomic mass is 79.9. The van der Waals surface area contributed by atoms with Crippen LogP contribution in [0.15, 0.2) is 28.7 Å². The minimum Gasteiger partial charge on any atom is -0.314 e. The van der Waals surface area contributed by atoms with E-state index in [1.54, 1.807) is 0 Å². The Morgan fingerprint density at radius 3 is 2.53 bits per heavy atom. The predicted molar refractivity (Wildman–Crippen MR) is 86.5 cm³/mol. The first-order chi connectivity index (χ1) is 9.29. The van der Waals surface area contributed by atoms with Crippen LogP contribution >= 0.6 is 15.9 Å². The number of hydrogen-bond acceptors (Lipinski definition) is 1. The monoisotopic (exact) mass is 323 g/mol. The van der Waals surface area contributed by atoms with Gasteiger partial charge in [0.1, 0.15) is 0 Å². The first-order valence-corrected chi connectivity index (χ1v) is 8.56. The first kappa shape index (κ1) is 15.1. The maximum atomic E-state index is 3.78. The molecular formula is C17H26BrN. The van der Waals surface area contributed by atoms with Crippen molar-refractivity contribution in [2.75, 3.05) is 6.54 Å². The molecule has 0 radical (unpaired) electrons. The van der Waals surface area contributed by atoms with Crippen LogP contribution in [-0.4, -0.2) is 12.6 Å². The molecule has 1 aromatic rings. The summed E-state index contributed by atoms with van der Waals surface area (Å²) in [4.78, 5) is 0. The van der Waals surface area contributed by atoms with E-state index < -0.39 is 0 Å². The fraction of sp³-hybridized carbons (Fsp3) is 0.647. The summed E-state index contributed by atoms with van der Waals surface area (Å²) in [6.45, 7) is 3.43. The van der Waals surface area contributed by atoms with E-state index in [-0.39, 0.29) is 0 Å². The van der Waals surface area contributed by atoms with Crippen LogP contribution < -0.4 is 5.32 Å². The molecule has 1 fully saturated rings. The number of aryl methyl sites for hydroxylation is 1. The maximum Gasteiger partial charge on any atom is 0.0175 e. The zero-order valence-electron chi connectivity index (χ0n) is 12.0. The van der Waals surface area contributed by atoms with Gasteiger partial charge in [0.2, 0.25) is 0 Å². The maximum absolute atomic E-state index is 3.78. The van der Waals surface area contributed by atoms with Crippen LogP contribution in [0.5, 0.6) is 0 Å². The second-order valence-corrected chi connectivity index (χ2v) is 6.69. The summed E-state index contributed by atoms with van der Waals surface area (Å²) in [6, 6.07) is 9.52. The molecule has 19 heavy (non-hydrogen) atoms. The molecule has 1 aliphatic rings. The molecule has 1 aromatic carbocycles. The molecule has 0 aliphatic heterocycles. The van der Waals surface area contributed by atoms with Gasteiger partial charge in [-0.1, -0.05) is 47.8 Å². The van der Waals surface area contributed by atoms with Crippen molar-refractivity contribution in [3.8, 4) is 0 Å². The van der Waals surface area contributed by atoms with Gasteiger partial charge in [-0.3, -0.25) is 0 Å². The molecule has 1 unspecified atom stereocenters. The average molecular weight is 324 g/mol. The van der Waals surface area contributed by atoms with E-state index >= 15 is 0 Å². The van der Waals surface area contributed by atoms with Crippen LogP contribution in [0.4, 0.5) is 0 Å². The fourth-order valence-electron chi connectivity index (χ4n) is 3.17. The second kappa shape index (κ2) is 8.06. The SMILES string of the molecule is CCCNC(CCc1ccc(Br)cc1)C1CCCC1. The Hall–Kier alpha value is -0.340. The molecule has 0 bridgehead atoms. The third kappa shape index (κ3) is 4.92.